The van der Waals surface area contributed by atoms with Crippen LogP contribution in [-0.4, -0.2) is 13.1 Å². The Labute approximate surface area is 172 Å². The number of benzene rings is 2. The number of hydrogen-bond acceptors (Lipinski definition) is 2. The Hall–Kier alpha value is -0.581. The van der Waals surface area contributed by atoms with Crippen molar-refractivity contribution in [2.75, 3.05) is 13.1 Å². The van der Waals surface area contributed by atoms with E-state index in [0.717, 1.165) is 0 Å². The summed E-state index contributed by atoms with van der Waals surface area (Å²) in [4.78, 5) is 0. The van der Waals surface area contributed by atoms with Gasteiger partial charge in [-0.1, -0.05) is 36.4 Å². The van der Waals surface area contributed by atoms with E-state index in [4.69, 9.17) is 31.7 Å². The zero-order valence-corrected chi connectivity index (χ0v) is 18.5. The van der Waals surface area contributed by atoms with Crippen molar-refractivity contribution in [2.24, 2.45) is 11.5 Å². The van der Waals surface area contributed by atoms with Crippen molar-refractivity contribution in [3.8, 4) is 0 Å². The summed E-state index contributed by atoms with van der Waals surface area (Å²) in [5.74, 6) is 0. The molecule has 0 aliphatic rings. The van der Waals surface area contributed by atoms with Gasteiger partial charge in [0.25, 0.3) is 0 Å². The van der Waals surface area contributed by atoms with Crippen LogP contribution in [0, 0.1) is 27.7 Å². The van der Waals surface area contributed by atoms with Gasteiger partial charge >= 0.3 is 33.3 Å². The van der Waals surface area contributed by atoms with Gasteiger partial charge in [0.1, 0.15) is 0 Å². The van der Waals surface area contributed by atoms with Gasteiger partial charge < -0.3 is 16.8 Å². The summed E-state index contributed by atoms with van der Waals surface area (Å²) in [5.41, 5.74) is 20.0. The van der Waals surface area contributed by atoms with Crippen molar-refractivity contribution < 1.29 is 13.1 Å². The Balaban J connectivity index is 0.00000105. The first-order valence-corrected chi connectivity index (χ1v) is 11.7. The molecular weight excluding hydrogens is 408 g/mol. The van der Waals surface area contributed by atoms with Gasteiger partial charge in [0.2, 0.25) is 0 Å². The van der Waals surface area contributed by atoms with Gasteiger partial charge in [0, 0.05) is 12.1 Å². The Kier molecular flexibility index (Phi) is 10.8. The van der Waals surface area contributed by atoms with E-state index >= 15 is 0 Å². The Morgan fingerprint density at radius 2 is 1.04 bits per heavy atom. The molecule has 145 valence electrons. The molecule has 0 aromatic heterocycles. The van der Waals surface area contributed by atoms with Crippen LogP contribution in [0.3, 0.4) is 0 Å². The molecule has 2 rings (SSSR count). The maximum absolute atomic E-state index is 6.35. The van der Waals surface area contributed by atoms with Crippen molar-refractivity contribution in [2.45, 2.75) is 39.8 Å². The van der Waals surface area contributed by atoms with Gasteiger partial charge in [-0.3, -0.25) is 0 Å². The van der Waals surface area contributed by atoms with E-state index in [9.17, 15) is 0 Å². The second-order valence-corrected chi connectivity index (χ2v) is 8.42. The molecule has 3 nitrogen and oxygen atoms in total. The van der Waals surface area contributed by atoms with Crippen LogP contribution in [0.4, 0.5) is 0 Å². The fraction of sp³-hybridized carbons (Fsp3) is 0.400. The van der Waals surface area contributed by atoms with Gasteiger partial charge in [0.15, 0.2) is 0 Å². The maximum atomic E-state index is 6.35. The predicted molar refractivity (Wildman–Crippen MR) is 110 cm³/mol. The number of aryl methyl sites for hydroxylation is 4. The molecule has 0 aliphatic heterocycles. The van der Waals surface area contributed by atoms with Crippen molar-refractivity contribution in [1.82, 2.24) is 0 Å². The summed E-state index contributed by atoms with van der Waals surface area (Å²) in [5, 5.41) is 4.64. The molecule has 2 unspecified atom stereocenters. The van der Waals surface area contributed by atoms with E-state index in [0.29, 0.717) is 13.1 Å². The molecule has 0 radical (unpaired) electrons. The predicted octanol–water partition coefficient (Wildman–Crippen LogP) is 5.37. The minimum absolute atomic E-state index is 0.00694. The number of halogens is 2. The standard InChI is InChI=1S/C20H28N3.2ClH.Mn/c1-13-7-5-8-14(2)19(13)17(21)11-23-12-18(22)20-15(3)9-6-10-16(20)4;;;/h5-10,17-18H,11-12,21-22H2,1-4H3;2*1H;/q-1;;;+2/p-2. The molecule has 0 fully saturated rings. The van der Waals surface area contributed by atoms with Crippen LogP contribution >= 0.6 is 20.2 Å². The van der Waals surface area contributed by atoms with E-state index in [1.54, 1.807) is 0 Å². The van der Waals surface area contributed by atoms with Crippen LogP contribution in [0.15, 0.2) is 36.4 Å². The quantitative estimate of drug-likeness (QED) is 0.598. The fourth-order valence-corrected chi connectivity index (χ4v) is 3.36. The first-order valence-electron chi connectivity index (χ1n) is 8.47. The first-order chi connectivity index (χ1) is 12.3. The van der Waals surface area contributed by atoms with Crippen LogP contribution in [0.5, 0.6) is 0 Å². The van der Waals surface area contributed by atoms with Gasteiger partial charge in [0.05, 0.1) is 0 Å². The van der Waals surface area contributed by atoms with E-state index in [-0.39, 0.29) is 25.2 Å². The third kappa shape index (κ3) is 6.86. The van der Waals surface area contributed by atoms with Gasteiger partial charge in [-0.05, 0) is 61.1 Å². The van der Waals surface area contributed by atoms with E-state index in [2.05, 4.69) is 69.4 Å². The summed E-state index contributed by atoms with van der Waals surface area (Å²) in [6, 6.07) is 12.4. The Bertz CT molecular complexity index is 597. The molecule has 4 N–H and O–H groups in total. The molecule has 2 aromatic rings. The van der Waals surface area contributed by atoms with Crippen molar-refractivity contribution in [1.29, 1.82) is 0 Å². The van der Waals surface area contributed by atoms with Crippen molar-refractivity contribution in [3.63, 3.8) is 0 Å². The van der Waals surface area contributed by atoms with Crippen LogP contribution in [0.25, 0.3) is 5.32 Å². The van der Waals surface area contributed by atoms with Gasteiger partial charge in [-0.15, -0.1) is 13.1 Å². The molecule has 6 heteroatoms. The van der Waals surface area contributed by atoms with Crippen LogP contribution in [-0.2, 0) is 13.1 Å². The monoisotopic (exact) mass is 435 g/mol. The SMILES string of the molecule is Cc1cccc(C)c1C(N)C[N-]CC(N)c1c(C)cccc1C.[Cl][Mn][Cl]. The molecule has 0 saturated carbocycles. The van der Waals surface area contributed by atoms with E-state index in [1.165, 1.54) is 33.4 Å². The second-order valence-electron chi connectivity index (χ2n) is 6.47. The summed E-state index contributed by atoms with van der Waals surface area (Å²) in [7, 11) is 9.59. The number of nitrogens with zero attached hydrogens (tertiary/aromatic N) is 1. The molecule has 2 atom stereocenters. The molecular formula is C20H28Cl2MnN3-. The van der Waals surface area contributed by atoms with Crippen LogP contribution in [0.2, 0.25) is 0 Å². The Morgan fingerprint density at radius 3 is 1.31 bits per heavy atom. The summed E-state index contributed by atoms with van der Waals surface area (Å²) in [6.07, 6.45) is 0. The molecule has 0 spiro atoms. The number of nitrogens with two attached hydrogens (primary N) is 2. The molecule has 0 saturated heterocycles. The zero-order valence-electron chi connectivity index (χ0n) is 15.8. The fourth-order valence-electron chi connectivity index (χ4n) is 3.36. The Morgan fingerprint density at radius 1 is 0.769 bits per heavy atom. The summed E-state index contributed by atoms with van der Waals surface area (Å²) >= 11 is 0.00694. The van der Waals surface area contributed by atoms with Crippen LogP contribution < -0.4 is 11.5 Å². The zero-order chi connectivity index (χ0) is 19.7. The van der Waals surface area contributed by atoms with Crippen molar-refractivity contribution >= 4 is 20.2 Å². The normalized spacial score (nSPS) is 12.9. The van der Waals surface area contributed by atoms with Gasteiger partial charge in [-0.2, -0.15) is 0 Å². The van der Waals surface area contributed by atoms with E-state index in [1.807, 2.05) is 0 Å². The molecule has 26 heavy (non-hydrogen) atoms. The van der Waals surface area contributed by atoms with E-state index < -0.39 is 0 Å². The molecule has 0 bridgehead atoms. The van der Waals surface area contributed by atoms with Crippen molar-refractivity contribution in [3.05, 3.63) is 75.1 Å². The number of rotatable bonds is 6. The average Bonchev–Trinajstić information content (AvgIpc) is 2.55. The molecule has 0 aliphatic carbocycles. The summed E-state index contributed by atoms with van der Waals surface area (Å²) in [6.45, 7) is 9.61. The molecule has 0 amide bonds. The number of hydrogen-bond donors (Lipinski definition) is 2. The summed E-state index contributed by atoms with van der Waals surface area (Å²) < 4.78 is 0. The third-order valence-electron chi connectivity index (χ3n) is 4.48. The topological polar surface area (TPSA) is 66.1 Å². The van der Waals surface area contributed by atoms with Crippen LogP contribution in [0.1, 0.15) is 45.5 Å². The average molecular weight is 436 g/mol. The first kappa shape index (κ1) is 23.5. The minimum atomic E-state index is -0.0682. The third-order valence-corrected chi connectivity index (χ3v) is 4.48. The molecule has 0 heterocycles. The molecule has 2 aromatic carbocycles. The van der Waals surface area contributed by atoms with Gasteiger partial charge in [-0.25, -0.2) is 0 Å². The second kappa shape index (κ2) is 12.0.